The van der Waals surface area contributed by atoms with Crippen LogP contribution in [0.25, 0.3) is 6.08 Å². The lowest BCUT2D eigenvalue weighted by atomic mass is 10.1. The second-order valence-electron chi connectivity index (χ2n) is 5.97. The van der Waals surface area contributed by atoms with E-state index in [2.05, 4.69) is 27.2 Å². The van der Waals surface area contributed by atoms with Crippen LogP contribution in [0.3, 0.4) is 0 Å². The van der Waals surface area contributed by atoms with Crippen molar-refractivity contribution < 1.29 is 19.1 Å². The molecule has 1 saturated heterocycles. The van der Waals surface area contributed by atoms with Crippen molar-refractivity contribution in [2.45, 2.75) is 6.92 Å². The lowest BCUT2D eigenvalue weighted by molar-refractivity contribution is -0.122. The minimum absolute atomic E-state index is 0.0336. The van der Waals surface area contributed by atoms with Gasteiger partial charge in [0, 0.05) is 10.0 Å². The molecular formula is C21H15BrN2O4. The highest BCUT2D eigenvalue weighted by Crippen LogP contribution is 2.28. The summed E-state index contributed by atoms with van der Waals surface area (Å²) in [7, 11) is 0. The van der Waals surface area contributed by atoms with Crippen LogP contribution in [-0.2, 0) is 9.59 Å². The molecule has 1 fully saturated rings. The van der Waals surface area contributed by atoms with Crippen molar-refractivity contribution >= 4 is 45.5 Å². The molecule has 2 aromatic rings. The monoisotopic (exact) mass is 438 g/mol. The van der Waals surface area contributed by atoms with E-state index in [4.69, 9.17) is 11.2 Å². The van der Waals surface area contributed by atoms with E-state index in [1.54, 1.807) is 36.4 Å². The molecule has 0 radical (unpaired) electrons. The first-order valence-electron chi connectivity index (χ1n) is 8.24. The fraction of sp³-hybridized carbons (Fsp3) is 0.0952. The largest absolute Gasteiger partial charge is 0.480 e. The van der Waals surface area contributed by atoms with Gasteiger partial charge in [0.25, 0.3) is 11.8 Å². The van der Waals surface area contributed by atoms with Crippen LogP contribution in [-0.4, -0.2) is 24.5 Å². The fourth-order valence-corrected chi connectivity index (χ4v) is 3.08. The van der Waals surface area contributed by atoms with Gasteiger partial charge in [0.1, 0.15) is 17.9 Å². The number of aryl methyl sites for hydroxylation is 1. The molecule has 0 aromatic heterocycles. The lowest BCUT2D eigenvalue weighted by Gasteiger charge is -2.26. The molecule has 2 aromatic carbocycles. The van der Waals surface area contributed by atoms with Crippen molar-refractivity contribution in [3.63, 3.8) is 0 Å². The third-order valence-corrected chi connectivity index (χ3v) is 4.44. The number of imide groups is 2. The Kier molecular flexibility index (Phi) is 5.62. The number of hydrogen-bond acceptors (Lipinski definition) is 4. The van der Waals surface area contributed by atoms with Gasteiger partial charge in [-0.2, -0.15) is 0 Å². The smallest absolute Gasteiger partial charge is 0.335 e. The summed E-state index contributed by atoms with van der Waals surface area (Å²) < 4.78 is 6.20. The number of terminal acetylenes is 1. The van der Waals surface area contributed by atoms with E-state index in [-0.39, 0.29) is 12.2 Å². The van der Waals surface area contributed by atoms with Crippen molar-refractivity contribution in [1.82, 2.24) is 5.32 Å². The number of anilines is 1. The third-order valence-electron chi connectivity index (χ3n) is 3.94. The Labute approximate surface area is 170 Å². The van der Waals surface area contributed by atoms with Gasteiger partial charge in [0.2, 0.25) is 0 Å². The minimum atomic E-state index is -0.796. The maximum atomic E-state index is 13.0. The van der Waals surface area contributed by atoms with Gasteiger partial charge < -0.3 is 4.74 Å². The molecule has 0 atom stereocenters. The normalized spacial score (nSPS) is 15.4. The number of barbiturate groups is 1. The summed E-state index contributed by atoms with van der Waals surface area (Å²) in [6.45, 7) is 1.88. The first-order chi connectivity index (χ1) is 13.4. The number of benzene rings is 2. The van der Waals surface area contributed by atoms with Gasteiger partial charge in [-0.1, -0.05) is 34.0 Å². The van der Waals surface area contributed by atoms with Gasteiger partial charge in [-0.15, -0.1) is 6.42 Å². The average molecular weight is 439 g/mol. The summed E-state index contributed by atoms with van der Waals surface area (Å²) in [5.74, 6) is 1.28. The number of rotatable bonds is 4. The zero-order valence-electron chi connectivity index (χ0n) is 14.9. The van der Waals surface area contributed by atoms with E-state index >= 15 is 0 Å². The zero-order valence-corrected chi connectivity index (χ0v) is 16.4. The van der Waals surface area contributed by atoms with Crippen LogP contribution in [0.4, 0.5) is 10.5 Å². The molecule has 6 nitrogen and oxygen atoms in total. The van der Waals surface area contributed by atoms with E-state index in [0.717, 1.165) is 14.9 Å². The van der Waals surface area contributed by atoms with Gasteiger partial charge in [-0.25, -0.2) is 9.69 Å². The Morgan fingerprint density at radius 1 is 1.21 bits per heavy atom. The maximum absolute atomic E-state index is 13.0. The van der Waals surface area contributed by atoms with E-state index in [9.17, 15) is 14.4 Å². The summed E-state index contributed by atoms with van der Waals surface area (Å²) in [5, 5.41) is 2.20. The molecule has 0 spiro atoms. The first kappa shape index (κ1) is 19.4. The van der Waals surface area contributed by atoms with Gasteiger partial charge >= 0.3 is 6.03 Å². The average Bonchev–Trinajstić information content (AvgIpc) is 2.64. The molecule has 7 heteroatoms. The standard InChI is InChI=1S/C21H15BrN2O4/c1-3-9-28-18-8-7-15(22)11-14(18)12-17-19(25)23-21(27)24(20(17)26)16-6-4-5-13(2)10-16/h1,4-8,10-12H,9H2,2H3,(H,23,25,27)/b17-12+. The molecule has 0 saturated carbocycles. The molecular weight excluding hydrogens is 424 g/mol. The van der Waals surface area contributed by atoms with E-state index in [0.29, 0.717) is 17.0 Å². The fourth-order valence-electron chi connectivity index (χ4n) is 2.70. The van der Waals surface area contributed by atoms with Crippen LogP contribution in [0.2, 0.25) is 0 Å². The Balaban J connectivity index is 2.05. The van der Waals surface area contributed by atoms with Crippen molar-refractivity contribution in [2.75, 3.05) is 11.5 Å². The van der Waals surface area contributed by atoms with Crippen molar-refractivity contribution in [1.29, 1.82) is 0 Å². The number of carbonyl (C=O) groups excluding carboxylic acids is 3. The second-order valence-corrected chi connectivity index (χ2v) is 6.89. The number of amides is 4. The quantitative estimate of drug-likeness (QED) is 0.450. The first-order valence-corrected chi connectivity index (χ1v) is 9.04. The topological polar surface area (TPSA) is 75.7 Å². The molecule has 4 amide bonds. The van der Waals surface area contributed by atoms with Crippen LogP contribution in [0.15, 0.2) is 52.5 Å². The van der Waals surface area contributed by atoms with Crippen LogP contribution in [0, 0.1) is 19.3 Å². The Bertz CT molecular complexity index is 1050. The summed E-state index contributed by atoms with van der Waals surface area (Å²) >= 11 is 3.35. The van der Waals surface area contributed by atoms with Crippen molar-refractivity contribution in [3.05, 3.63) is 63.6 Å². The van der Waals surface area contributed by atoms with Gasteiger partial charge in [0.05, 0.1) is 5.69 Å². The molecule has 1 aliphatic heterocycles. The SMILES string of the molecule is C#CCOc1ccc(Br)cc1/C=C1\C(=O)NC(=O)N(c2cccc(C)c2)C1=O. The van der Waals surface area contributed by atoms with Crippen LogP contribution in [0.1, 0.15) is 11.1 Å². The molecule has 3 rings (SSSR count). The number of urea groups is 1. The lowest BCUT2D eigenvalue weighted by Crippen LogP contribution is -2.54. The third kappa shape index (κ3) is 3.97. The highest BCUT2D eigenvalue weighted by molar-refractivity contribution is 9.10. The highest BCUT2D eigenvalue weighted by Gasteiger charge is 2.37. The number of carbonyl (C=O) groups is 3. The number of hydrogen-bond donors (Lipinski definition) is 1. The number of nitrogens with one attached hydrogen (secondary N) is 1. The van der Waals surface area contributed by atoms with Crippen LogP contribution < -0.4 is 15.0 Å². The van der Waals surface area contributed by atoms with Gasteiger partial charge in [-0.3, -0.25) is 14.9 Å². The Hall–Kier alpha value is -3.37. The van der Waals surface area contributed by atoms with Crippen LogP contribution >= 0.6 is 15.9 Å². The molecule has 28 heavy (non-hydrogen) atoms. The molecule has 1 aliphatic rings. The zero-order chi connectivity index (χ0) is 20.3. The predicted molar refractivity (Wildman–Crippen MR) is 109 cm³/mol. The summed E-state index contributed by atoms with van der Waals surface area (Å²) in [6, 6.07) is 11.2. The van der Waals surface area contributed by atoms with Gasteiger partial charge in [0.15, 0.2) is 0 Å². The van der Waals surface area contributed by atoms with E-state index in [1.165, 1.54) is 6.08 Å². The summed E-state index contributed by atoms with van der Waals surface area (Å²) in [6.07, 6.45) is 6.61. The molecule has 1 heterocycles. The molecule has 0 bridgehead atoms. The molecule has 140 valence electrons. The van der Waals surface area contributed by atoms with Gasteiger partial charge in [-0.05, 0) is 48.9 Å². The molecule has 0 aliphatic carbocycles. The number of halogens is 1. The molecule has 0 unspecified atom stereocenters. The summed E-state index contributed by atoms with van der Waals surface area (Å²) in [5.41, 5.74) is 1.53. The summed E-state index contributed by atoms with van der Waals surface area (Å²) in [4.78, 5) is 38.5. The highest BCUT2D eigenvalue weighted by atomic mass is 79.9. The van der Waals surface area contributed by atoms with Crippen LogP contribution in [0.5, 0.6) is 5.75 Å². The molecule has 1 N–H and O–H groups in total. The second kappa shape index (κ2) is 8.11. The minimum Gasteiger partial charge on any atom is -0.480 e. The van der Waals surface area contributed by atoms with E-state index < -0.39 is 17.8 Å². The number of nitrogens with zero attached hydrogens (tertiary/aromatic N) is 1. The Morgan fingerprint density at radius 3 is 2.71 bits per heavy atom. The maximum Gasteiger partial charge on any atom is 0.335 e. The van der Waals surface area contributed by atoms with E-state index in [1.807, 2.05) is 13.0 Å². The number of ether oxygens (including phenoxy) is 1. The Morgan fingerprint density at radius 2 is 2.00 bits per heavy atom. The van der Waals surface area contributed by atoms with Crippen molar-refractivity contribution in [3.8, 4) is 18.1 Å². The predicted octanol–water partition coefficient (Wildman–Crippen LogP) is 3.44. The van der Waals surface area contributed by atoms with Crippen molar-refractivity contribution in [2.24, 2.45) is 0 Å².